The number of aromatic nitrogens is 3. The summed E-state index contributed by atoms with van der Waals surface area (Å²) in [5, 5.41) is 2.94. The van der Waals surface area contributed by atoms with Crippen LogP contribution in [0, 0.1) is 6.92 Å². The molecule has 1 aliphatic heterocycles. The minimum atomic E-state index is -3.09. The Bertz CT molecular complexity index is 1510. The van der Waals surface area contributed by atoms with Crippen molar-refractivity contribution < 1.29 is 13.2 Å². The molecule has 0 bridgehead atoms. The van der Waals surface area contributed by atoms with E-state index in [-0.39, 0.29) is 29.1 Å². The lowest BCUT2D eigenvalue weighted by Crippen LogP contribution is -2.16. The van der Waals surface area contributed by atoms with Crippen LogP contribution in [-0.4, -0.2) is 54.5 Å². The topological polar surface area (TPSA) is 97.2 Å². The number of aryl methyl sites for hydroxylation is 1. The molecule has 180 valence electrons. The Balaban J connectivity index is 1.62. The normalized spacial score (nSPS) is 16.9. The Morgan fingerprint density at radius 3 is 2.40 bits per heavy atom. The number of amides is 1. The van der Waals surface area contributed by atoms with Crippen LogP contribution in [0.15, 0.2) is 60.7 Å². The summed E-state index contributed by atoms with van der Waals surface area (Å²) < 4.78 is 26.4. The van der Waals surface area contributed by atoms with Crippen molar-refractivity contribution in [2.45, 2.75) is 19.4 Å². The predicted molar refractivity (Wildman–Crippen MR) is 139 cm³/mol. The smallest absolute Gasteiger partial charge is 0.276 e. The molecule has 1 amide bonds. The van der Waals surface area contributed by atoms with Gasteiger partial charge in [0, 0.05) is 31.0 Å². The van der Waals surface area contributed by atoms with Crippen molar-refractivity contribution in [3.8, 4) is 11.3 Å². The minimum absolute atomic E-state index is 0.0715. The molecule has 0 spiro atoms. The molecule has 1 N–H and O–H groups in total. The molecular formula is C26H27N5O3S. The van der Waals surface area contributed by atoms with Crippen molar-refractivity contribution in [2.24, 2.45) is 0 Å². The van der Waals surface area contributed by atoms with Gasteiger partial charge in [-0.15, -0.1) is 0 Å². The fraction of sp³-hybridized carbons (Fsp3) is 0.269. The van der Waals surface area contributed by atoms with Crippen LogP contribution in [0.1, 0.15) is 28.8 Å². The Labute approximate surface area is 204 Å². The summed E-state index contributed by atoms with van der Waals surface area (Å²) in [7, 11) is 0.819. The molecule has 1 atom stereocenters. The Morgan fingerprint density at radius 2 is 1.77 bits per heavy atom. The third-order valence-electron chi connectivity index (χ3n) is 6.35. The third kappa shape index (κ3) is 4.51. The van der Waals surface area contributed by atoms with E-state index in [4.69, 9.17) is 4.98 Å². The molecule has 2 aromatic carbocycles. The van der Waals surface area contributed by atoms with Crippen molar-refractivity contribution in [1.29, 1.82) is 0 Å². The number of hydrogen-bond acceptors (Lipinski definition) is 6. The predicted octanol–water partition coefficient (Wildman–Crippen LogP) is 4.08. The molecule has 5 rings (SSSR count). The molecule has 1 fully saturated rings. The van der Waals surface area contributed by atoms with Gasteiger partial charge in [-0.1, -0.05) is 30.3 Å². The first-order valence-electron chi connectivity index (χ1n) is 11.5. The molecule has 0 saturated carbocycles. The molecule has 0 radical (unpaired) electrons. The van der Waals surface area contributed by atoms with Gasteiger partial charge in [0.05, 0.1) is 28.8 Å². The summed E-state index contributed by atoms with van der Waals surface area (Å²) in [6.07, 6.45) is 0.525. The zero-order valence-corrected chi connectivity index (χ0v) is 20.7. The number of fused-ring (bicyclic) bond motifs is 1. The van der Waals surface area contributed by atoms with Crippen molar-refractivity contribution in [3.05, 3.63) is 72.2 Å². The van der Waals surface area contributed by atoms with Gasteiger partial charge in [-0.05, 0) is 43.7 Å². The van der Waals surface area contributed by atoms with E-state index in [0.717, 1.165) is 11.3 Å². The zero-order chi connectivity index (χ0) is 24.7. The molecule has 1 unspecified atom stereocenters. The highest BCUT2D eigenvalue weighted by Crippen LogP contribution is 2.32. The maximum absolute atomic E-state index is 13.4. The lowest BCUT2D eigenvalue weighted by molar-refractivity contribution is 0.102. The lowest BCUT2D eigenvalue weighted by Gasteiger charge is -2.15. The zero-order valence-electron chi connectivity index (χ0n) is 19.9. The van der Waals surface area contributed by atoms with Crippen LogP contribution in [0.5, 0.6) is 0 Å². The Kier molecular flexibility index (Phi) is 5.80. The van der Waals surface area contributed by atoms with Gasteiger partial charge in [-0.2, -0.15) is 0 Å². The minimum Gasteiger partial charge on any atom is -0.378 e. The van der Waals surface area contributed by atoms with Crippen LogP contribution >= 0.6 is 0 Å². The van der Waals surface area contributed by atoms with Gasteiger partial charge in [0.2, 0.25) is 0 Å². The van der Waals surface area contributed by atoms with Crippen molar-refractivity contribution in [2.75, 3.05) is 35.8 Å². The monoisotopic (exact) mass is 489 g/mol. The summed E-state index contributed by atoms with van der Waals surface area (Å²) in [4.78, 5) is 24.8. The number of anilines is 2. The summed E-state index contributed by atoms with van der Waals surface area (Å²) in [5.74, 6) is 0.527. The van der Waals surface area contributed by atoms with Crippen molar-refractivity contribution in [3.63, 3.8) is 0 Å². The van der Waals surface area contributed by atoms with Gasteiger partial charge >= 0.3 is 0 Å². The van der Waals surface area contributed by atoms with E-state index in [0.29, 0.717) is 34.7 Å². The molecule has 3 heterocycles. The van der Waals surface area contributed by atoms with Crippen LogP contribution in [-0.2, 0) is 9.84 Å². The number of nitrogens with one attached hydrogen (secondary N) is 1. The van der Waals surface area contributed by atoms with E-state index in [1.807, 2.05) is 91.1 Å². The van der Waals surface area contributed by atoms with Crippen molar-refractivity contribution in [1.82, 2.24) is 14.5 Å². The molecule has 1 saturated heterocycles. The Hall–Kier alpha value is -3.72. The standard InChI is InChI=1S/C26H27N5O3S/c1-17-27-24-23(31(17)21-13-14-35(33,34)16-21)15-22(18-7-5-4-6-8-18)29-25(24)26(32)28-19-9-11-20(12-10-19)30(2)3/h4-12,15,21H,13-14,16H2,1-3H3,(H,28,32). The van der Waals surface area contributed by atoms with Crippen molar-refractivity contribution >= 4 is 38.2 Å². The lowest BCUT2D eigenvalue weighted by atomic mass is 10.1. The number of carbonyl (C=O) groups is 1. The second-order valence-corrected chi connectivity index (χ2v) is 11.3. The van der Waals surface area contributed by atoms with Gasteiger partial charge < -0.3 is 14.8 Å². The van der Waals surface area contributed by atoms with Gasteiger partial charge in [0.15, 0.2) is 15.5 Å². The second kappa shape index (κ2) is 8.81. The molecule has 35 heavy (non-hydrogen) atoms. The van der Waals surface area contributed by atoms with E-state index in [9.17, 15) is 13.2 Å². The molecule has 1 aliphatic rings. The molecule has 9 heteroatoms. The van der Waals surface area contributed by atoms with Gasteiger partial charge in [0.1, 0.15) is 11.3 Å². The maximum Gasteiger partial charge on any atom is 0.276 e. The van der Waals surface area contributed by atoms with E-state index in [1.54, 1.807) is 0 Å². The quantitative estimate of drug-likeness (QED) is 0.454. The SMILES string of the molecule is Cc1nc2c(C(=O)Nc3ccc(N(C)C)cc3)nc(-c3ccccc3)cc2n1C1CCS(=O)(=O)C1. The molecule has 4 aromatic rings. The van der Waals surface area contributed by atoms with E-state index in [2.05, 4.69) is 10.3 Å². The van der Waals surface area contributed by atoms with Gasteiger partial charge in [0.25, 0.3) is 5.91 Å². The summed E-state index contributed by atoms with van der Waals surface area (Å²) in [6.45, 7) is 1.84. The number of nitrogens with zero attached hydrogens (tertiary/aromatic N) is 4. The molecule has 8 nitrogen and oxygen atoms in total. The second-order valence-electron chi connectivity index (χ2n) is 9.07. The number of rotatable bonds is 5. The third-order valence-corrected chi connectivity index (χ3v) is 8.10. The highest BCUT2D eigenvalue weighted by molar-refractivity contribution is 7.91. The van der Waals surface area contributed by atoms with Crippen LogP contribution < -0.4 is 10.2 Å². The number of imidazole rings is 1. The Morgan fingerprint density at radius 1 is 1.06 bits per heavy atom. The number of benzene rings is 2. The van der Waals surface area contributed by atoms with E-state index in [1.165, 1.54) is 0 Å². The average Bonchev–Trinajstić information content (AvgIpc) is 3.36. The summed E-state index contributed by atoms with van der Waals surface area (Å²) >= 11 is 0. The highest BCUT2D eigenvalue weighted by Gasteiger charge is 2.32. The average molecular weight is 490 g/mol. The van der Waals surface area contributed by atoms with Crippen LogP contribution in [0.3, 0.4) is 0 Å². The van der Waals surface area contributed by atoms with E-state index >= 15 is 0 Å². The highest BCUT2D eigenvalue weighted by atomic mass is 32.2. The van der Waals surface area contributed by atoms with Crippen LogP contribution in [0.4, 0.5) is 11.4 Å². The van der Waals surface area contributed by atoms with Gasteiger partial charge in [-0.25, -0.2) is 18.4 Å². The van der Waals surface area contributed by atoms with Crippen LogP contribution in [0.25, 0.3) is 22.3 Å². The largest absolute Gasteiger partial charge is 0.378 e. The fourth-order valence-corrected chi connectivity index (χ4v) is 6.30. The van der Waals surface area contributed by atoms with Gasteiger partial charge in [-0.3, -0.25) is 4.79 Å². The molecule has 2 aromatic heterocycles. The number of pyridine rings is 1. The summed E-state index contributed by atoms with van der Waals surface area (Å²) in [5.41, 5.74) is 4.56. The number of carbonyl (C=O) groups excluding carboxylic acids is 1. The first-order valence-corrected chi connectivity index (χ1v) is 13.3. The fourth-order valence-electron chi connectivity index (χ4n) is 4.60. The first-order chi connectivity index (χ1) is 16.7. The molecule has 0 aliphatic carbocycles. The van der Waals surface area contributed by atoms with Crippen LogP contribution in [0.2, 0.25) is 0 Å². The molecular weight excluding hydrogens is 462 g/mol. The number of hydrogen-bond donors (Lipinski definition) is 1. The number of sulfone groups is 1. The van der Waals surface area contributed by atoms with E-state index < -0.39 is 9.84 Å². The maximum atomic E-state index is 13.4. The first kappa shape index (κ1) is 23.0. The summed E-state index contributed by atoms with van der Waals surface area (Å²) in [6, 6.07) is 18.9.